The molecule has 2 heterocycles. The summed E-state index contributed by atoms with van der Waals surface area (Å²) in [5, 5.41) is 12.4. The first-order chi connectivity index (χ1) is 8.62. The Balaban J connectivity index is 2.05. The Labute approximate surface area is 108 Å². The molecule has 0 unspecified atom stereocenters. The Morgan fingerprint density at radius 2 is 2.22 bits per heavy atom. The third kappa shape index (κ3) is 3.16. The maximum Gasteiger partial charge on any atom is 0.250 e. The minimum atomic E-state index is -3.53. The molecule has 98 valence electrons. The highest BCUT2D eigenvalue weighted by atomic mass is 32.2. The molecular formula is C10H12N2O4S2. The fourth-order valence-electron chi connectivity index (χ4n) is 1.32. The lowest BCUT2D eigenvalue weighted by molar-refractivity contribution is 0.300. The van der Waals surface area contributed by atoms with Gasteiger partial charge in [-0.05, 0) is 12.1 Å². The summed E-state index contributed by atoms with van der Waals surface area (Å²) < 4.78 is 31.1. The third-order valence-electron chi connectivity index (χ3n) is 2.19. The molecule has 0 aliphatic carbocycles. The normalized spacial score (nSPS) is 11.8. The van der Waals surface area contributed by atoms with E-state index in [-0.39, 0.29) is 17.4 Å². The van der Waals surface area contributed by atoms with E-state index in [1.807, 2.05) is 0 Å². The molecule has 0 saturated carbocycles. The molecule has 0 radical (unpaired) electrons. The van der Waals surface area contributed by atoms with Gasteiger partial charge in [-0.15, -0.1) is 11.3 Å². The Bertz CT molecular complexity index is 589. The summed E-state index contributed by atoms with van der Waals surface area (Å²) in [6.07, 6.45) is 1.84. The van der Waals surface area contributed by atoms with Crippen molar-refractivity contribution in [2.75, 3.05) is 6.61 Å². The van der Waals surface area contributed by atoms with Crippen molar-refractivity contribution in [3.8, 4) is 0 Å². The van der Waals surface area contributed by atoms with Crippen LogP contribution in [0.25, 0.3) is 0 Å². The lowest BCUT2D eigenvalue weighted by Gasteiger charge is -2.01. The fourth-order valence-corrected chi connectivity index (χ4v) is 3.70. The van der Waals surface area contributed by atoms with Crippen LogP contribution in [0.2, 0.25) is 0 Å². The maximum absolute atomic E-state index is 11.9. The van der Waals surface area contributed by atoms with Gasteiger partial charge in [0.05, 0.1) is 12.2 Å². The number of hydrogen-bond donors (Lipinski definition) is 2. The molecule has 0 aliphatic heterocycles. The van der Waals surface area contributed by atoms with Gasteiger partial charge in [0, 0.05) is 24.0 Å². The molecule has 0 fully saturated rings. The average Bonchev–Trinajstić information content (AvgIpc) is 2.98. The van der Waals surface area contributed by atoms with Crippen molar-refractivity contribution < 1.29 is 18.0 Å². The highest BCUT2D eigenvalue weighted by Gasteiger charge is 2.16. The van der Waals surface area contributed by atoms with Crippen molar-refractivity contribution in [2.24, 2.45) is 0 Å². The summed E-state index contributed by atoms with van der Waals surface area (Å²) in [5.74, 6) is 0. The molecule has 0 aliphatic rings. The van der Waals surface area contributed by atoms with Crippen LogP contribution >= 0.6 is 11.3 Å². The summed E-state index contributed by atoms with van der Waals surface area (Å²) in [7, 11) is -3.53. The molecule has 0 bridgehead atoms. The van der Waals surface area contributed by atoms with Crippen molar-refractivity contribution in [1.29, 1.82) is 0 Å². The number of aromatic nitrogens is 1. The van der Waals surface area contributed by atoms with Crippen LogP contribution in [-0.4, -0.2) is 25.3 Å². The predicted molar refractivity (Wildman–Crippen MR) is 65.6 cm³/mol. The molecule has 6 nitrogen and oxygen atoms in total. The van der Waals surface area contributed by atoms with Crippen molar-refractivity contribution >= 4 is 21.4 Å². The van der Waals surface area contributed by atoms with Crippen LogP contribution < -0.4 is 4.72 Å². The average molecular weight is 288 g/mol. The molecule has 0 saturated heterocycles. The second kappa shape index (κ2) is 5.61. The molecule has 8 heteroatoms. The Hall–Kier alpha value is -1.22. The molecule has 2 N–H and O–H groups in total. The highest BCUT2D eigenvalue weighted by Crippen LogP contribution is 2.21. The van der Waals surface area contributed by atoms with Crippen LogP contribution in [0.3, 0.4) is 0 Å². The molecule has 0 aromatic carbocycles. The van der Waals surface area contributed by atoms with Crippen LogP contribution in [0.4, 0.5) is 0 Å². The Morgan fingerprint density at radius 3 is 2.89 bits per heavy atom. The van der Waals surface area contributed by atoms with Crippen molar-refractivity contribution in [3.63, 3.8) is 0 Å². The van der Waals surface area contributed by atoms with Crippen molar-refractivity contribution in [1.82, 2.24) is 9.88 Å². The van der Waals surface area contributed by atoms with Gasteiger partial charge in [0.2, 0.25) is 10.0 Å². The number of sulfonamides is 1. The van der Waals surface area contributed by atoms with Crippen molar-refractivity contribution in [2.45, 2.75) is 17.2 Å². The van der Waals surface area contributed by atoms with Gasteiger partial charge in [-0.25, -0.2) is 13.1 Å². The molecule has 2 aromatic rings. The number of aliphatic hydroxyl groups is 1. The van der Waals surface area contributed by atoms with E-state index >= 15 is 0 Å². The van der Waals surface area contributed by atoms with Crippen LogP contribution in [0.1, 0.15) is 10.6 Å². The SMILES string of the molecule is O=S(=O)(NCc1ccon1)c1ccc(CCO)s1. The van der Waals surface area contributed by atoms with Gasteiger partial charge in [-0.1, -0.05) is 5.16 Å². The zero-order valence-electron chi connectivity index (χ0n) is 9.37. The van der Waals surface area contributed by atoms with Crippen molar-refractivity contribution in [3.05, 3.63) is 35.0 Å². The summed E-state index contributed by atoms with van der Waals surface area (Å²) in [6, 6.07) is 4.82. The van der Waals surface area contributed by atoms with E-state index in [4.69, 9.17) is 5.11 Å². The van der Waals surface area contributed by atoms with Gasteiger partial charge in [-0.3, -0.25) is 0 Å². The minimum Gasteiger partial charge on any atom is -0.396 e. The molecule has 0 amide bonds. The standard InChI is InChI=1S/C10H12N2O4S2/c13-5-3-9-1-2-10(17-9)18(14,15)11-7-8-4-6-16-12-8/h1-2,4,6,11,13H,3,5,7H2. The van der Waals surface area contributed by atoms with E-state index in [0.717, 1.165) is 16.2 Å². The summed E-state index contributed by atoms with van der Waals surface area (Å²) >= 11 is 1.15. The van der Waals surface area contributed by atoms with E-state index in [2.05, 4.69) is 14.4 Å². The maximum atomic E-state index is 11.9. The first-order valence-electron chi connectivity index (χ1n) is 5.20. The zero-order valence-corrected chi connectivity index (χ0v) is 11.0. The number of aliphatic hydroxyl groups excluding tert-OH is 1. The predicted octanol–water partition coefficient (Wildman–Crippen LogP) is 0.749. The van der Waals surface area contributed by atoms with E-state index in [9.17, 15) is 8.42 Å². The van der Waals surface area contributed by atoms with Crippen LogP contribution in [0.15, 0.2) is 33.2 Å². The summed E-state index contributed by atoms with van der Waals surface area (Å²) in [6.45, 7) is 0.0957. The molecule has 0 atom stereocenters. The van der Waals surface area contributed by atoms with Crippen LogP contribution in [0, 0.1) is 0 Å². The Morgan fingerprint density at radius 1 is 1.39 bits per heavy atom. The monoisotopic (exact) mass is 288 g/mol. The van der Waals surface area contributed by atoms with Crippen LogP contribution in [0.5, 0.6) is 0 Å². The van der Waals surface area contributed by atoms with E-state index in [1.165, 1.54) is 12.3 Å². The molecular weight excluding hydrogens is 276 g/mol. The van der Waals surface area contributed by atoms with Gasteiger partial charge in [-0.2, -0.15) is 0 Å². The minimum absolute atomic E-state index is 0.00632. The van der Waals surface area contributed by atoms with Crippen LogP contribution in [-0.2, 0) is 23.0 Å². The number of nitrogens with zero attached hydrogens (tertiary/aromatic N) is 1. The first-order valence-corrected chi connectivity index (χ1v) is 7.50. The first kappa shape index (κ1) is 13.2. The lowest BCUT2D eigenvalue weighted by Crippen LogP contribution is -2.22. The summed E-state index contributed by atoms with van der Waals surface area (Å²) in [4.78, 5) is 0.833. The number of rotatable bonds is 6. The van der Waals surface area contributed by atoms with E-state index in [0.29, 0.717) is 12.1 Å². The smallest absolute Gasteiger partial charge is 0.250 e. The number of nitrogens with one attached hydrogen (secondary N) is 1. The molecule has 2 rings (SSSR count). The van der Waals surface area contributed by atoms with Gasteiger partial charge < -0.3 is 9.63 Å². The fraction of sp³-hybridized carbons (Fsp3) is 0.300. The second-order valence-corrected chi connectivity index (χ2v) is 6.67. The molecule has 18 heavy (non-hydrogen) atoms. The van der Waals surface area contributed by atoms with Gasteiger partial charge in [0.25, 0.3) is 0 Å². The number of hydrogen-bond acceptors (Lipinski definition) is 6. The van der Waals surface area contributed by atoms with E-state index < -0.39 is 10.0 Å². The number of thiophene rings is 1. The Kier molecular flexibility index (Phi) is 4.12. The molecule has 2 aromatic heterocycles. The largest absolute Gasteiger partial charge is 0.396 e. The topological polar surface area (TPSA) is 92.4 Å². The van der Waals surface area contributed by atoms with Gasteiger partial charge >= 0.3 is 0 Å². The van der Waals surface area contributed by atoms with E-state index in [1.54, 1.807) is 12.1 Å². The summed E-state index contributed by atoms with van der Waals surface area (Å²) in [5.41, 5.74) is 0.519. The quantitative estimate of drug-likeness (QED) is 0.818. The second-order valence-electron chi connectivity index (χ2n) is 3.51. The lowest BCUT2D eigenvalue weighted by atomic mass is 10.4. The zero-order chi connectivity index (χ0) is 13.0. The highest BCUT2D eigenvalue weighted by molar-refractivity contribution is 7.91. The molecule has 0 spiro atoms. The van der Waals surface area contributed by atoms with Gasteiger partial charge in [0.1, 0.15) is 10.5 Å². The van der Waals surface area contributed by atoms with Gasteiger partial charge in [0.15, 0.2) is 0 Å². The third-order valence-corrected chi connectivity index (χ3v) is 5.23.